The van der Waals surface area contributed by atoms with E-state index in [2.05, 4.69) is 13.8 Å². The van der Waals surface area contributed by atoms with Crippen molar-refractivity contribution in [3.05, 3.63) is 0 Å². The first-order valence-electron chi connectivity index (χ1n) is 7.13. The highest BCUT2D eigenvalue weighted by molar-refractivity contribution is 5.75. The maximum Gasteiger partial charge on any atom is 0.320 e. The number of carbonyl (C=O) groups excluding carboxylic acids is 1. The number of nitrogens with zero attached hydrogens (tertiary/aromatic N) is 2. The molecule has 0 aliphatic carbocycles. The zero-order chi connectivity index (χ0) is 14.0. The molecule has 0 bridgehead atoms. The third kappa shape index (κ3) is 3.61. The van der Waals surface area contributed by atoms with Gasteiger partial charge in [0.05, 0.1) is 0 Å². The lowest BCUT2D eigenvalue weighted by Crippen LogP contribution is -2.41. The van der Waals surface area contributed by atoms with Crippen molar-refractivity contribution in [1.29, 1.82) is 0 Å². The highest BCUT2D eigenvalue weighted by Gasteiger charge is 2.36. The van der Waals surface area contributed by atoms with E-state index < -0.39 is 5.97 Å². The summed E-state index contributed by atoms with van der Waals surface area (Å²) in [5.41, 5.74) is 0.234. The molecule has 1 N–H and O–H groups in total. The molecule has 2 rings (SSSR count). The van der Waals surface area contributed by atoms with Crippen LogP contribution in [0.5, 0.6) is 0 Å². The van der Waals surface area contributed by atoms with Gasteiger partial charge in [0.15, 0.2) is 0 Å². The van der Waals surface area contributed by atoms with E-state index in [4.69, 9.17) is 5.11 Å². The van der Waals surface area contributed by atoms with Gasteiger partial charge in [-0.3, -0.25) is 4.79 Å². The number of aliphatic carboxylic acids is 1. The molecule has 19 heavy (non-hydrogen) atoms. The Balaban J connectivity index is 1.80. The van der Waals surface area contributed by atoms with E-state index in [1.54, 1.807) is 0 Å². The van der Waals surface area contributed by atoms with Crippen molar-refractivity contribution < 1.29 is 14.7 Å². The Morgan fingerprint density at radius 3 is 2.58 bits per heavy atom. The van der Waals surface area contributed by atoms with E-state index in [1.807, 2.05) is 9.80 Å². The number of rotatable bonds is 3. The Labute approximate surface area is 114 Å². The van der Waals surface area contributed by atoms with Gasteiger partial charge in [-0.25, -0.2) is 4.79 Å². The fourth-order valence-electron chi connectivity index (χ4n) is 3.05. The highest BCUT2D eigenvalue weighted by Crippen LogP contribution is 2.30. The van der Waals surface area contributed by atoms with Gasteiger partial charge in [0, 0.05) is 32.6 Å². The van der Waals surface area contributed by atoms with Crippen molar-refractivity contribution in [3.63, 3.8) is 0 Å². The van der Waals surface area contributed by atoms with Crippen LogP contribution in [0.4, 0.5) is 4.79 Å². The number of amides is 2. The summed E-state index contributed by atoms with van der Waals surface area (Å²) in [6.07, 6.45) is 2.90. The predicted octanol–water partition coefficient (Wildman–Crippen LogP) is 2.03. The van der Waals surface area contributed by atoms with Crippen LogP contribution < -0.4 is 0 Å². The molecule has 2 heterocycles. The number of urea groups is 1. The Morgan fingerprint density at radius 1 is 1.26 bits per heavy atom. The largest absolute Gasteiger partial charge is 0.481 e. The molecule has 0 aromatic rings. The SMILES string of the molecule is CC1(C)CCN(C(=O)N2CCC(CCC(=O)O)C2)C1. The van der Waals surface area contributed by atoms with Crippen LogP contribution in [0.25, 0.3) is 0 Å². The highest BCUT2D eigenvalue weighted by atomic mass is 16.4. The Bertz CT molecular complexity index is 368. The summed E-state index contributed by atoms with van der Waals surface area (Å²) in [5.74, 6) is -0.387. The van der Waals surface area contributed by atoms with Crippen LogP contribution in [0.1, 0.15) is 39.5 Å². The summed E-state index contributed by atoms with van der Waals surface area (Å²) in [6, 6.07) is 0.142. The number of carboxylic acid groups (broad SMARTS) is 1. The molecule has 0 spiro atoms. The molecule has 0 aromatic heterocycles. The van der Waals surface area contributed by atoms with Gasteiger partial charge in [-0.2, -0.15) is 0 Å². The minimum Gasteiger partial charge on any atom is -0.481 e. The van der Waals surface area contributed by atoms with E-state index in [0.717, 1.165) is 39.0 Å². The maximum atomic E-state index is 12.4. The number of carbonyl (C=O) groups is 2. The zero-order valence-corrected chi connectivity index (χ0v) is 11.9. The van der Waals surface area contributed by atoms with Gasteiger partial charge in [-0.1, -0.05) is 13.8 Å². The molecule has 2 saturated heterocycles. The topological polar surface area (TPSA) is 60.9 Å². The standard InChI is InChI=1S/C14H24N2O3/c1-14(2)6-8-16(10-14)13(19)15-7-5-11(9-15)3-4-12(17)18/h11H,3-10H2,1-2H3,(H,17,18). The Morgan fingerprint density at radius 2 is 2.00 bits per heavy atom. The molecule has 0 aromatic carbocycles. The van der Waals surface area contributed by atoms with Gasteiger partial charge in [-0.15, -0.1) is 0 Å². The second-order valence-corrected chi connectivity index (χ2v) is 6.65. The second kappa shape index (κ2) is 5.39. The fourth-order valence-corrected chi connectivity index (χ4v) is 3.05. The first kappa shape index (κ1) is 14.2. The summed E-state index contributed by atoms with van der Waals surface area (Å²) in [4.78, 5) is 26.8. The van der Waals surface area contributed by atoms with Crippen molar-refractivity contribution in [2.75, 3.05) is 26.2 Å². The number of hydrogen-bond acceptors (Lipinski definition) is 2. The second-order valence-electron chi connectivity index (χ2n) is 6.65. The van der Waals surface area contributed by atoms with Crippen LogP contribution in [0.2, 0.25) is 0 Å². The van der Waals surface area contributed by atoms with E-state index in [9.17, 15) is 9.59 Å². The maximum absolute atomic E-state index is 12.4. The average molecular weight is 268 g/mol. The monoisotopic (exact) mass is 268 g/mol. The summed E-state index contributed by atoms with van der Waals surface area (Å²) in [5, 5.41) is 8.69. The van der Waals surface area contributed by atoms with Crippen LogP contribution in [0.3, 0.4) is 0 Å². The van der Waals surface area contributed by atoms with Crippen molar-refractivity contribution in [2.45, 2.75) is 39.5 Å². The third-order valence-corrected chi connectivity index (χ3v) is 4.27. The molecule has 2 fully saturated rings. The summed E-state index contributed by atoms with van der Waals surface area (Å²) < 4.78 is 0. The molecule has 2 amide bonds. The summed E-state index contributed by atoms with van der Waals surface area (Å²) >= 11 is 0. The Kier molecular flexibility index (Phi) is 4.02. The fraction of sp³-hybridized carbons (Fsp3) is 0.857. The van der Waals surface area contributed by atoms with Gasteiger partial charge in [0.2, 0.25) is 0 Å². The van der Waals surface area contributed by atoms with Gasteiger partial charge >= 0.3 is 12.0 Å². The molecular weight excluding hydrogens is 244 g/mol. The summed E-state index contributed by atoms with van der Waals surface area (Å²) in [7, 11) is 0. The normalized spacial score (nSPS) is 25.9. The number of likely N-dealkylation sites (tertiary alicyclic amines) is 2. The first-order valence-corrected chi connectivity index (χ1v) is 7.13. The minimum atomic E-state index is -0.744. The van der Waals surface area contributed by atoms with Crippen LogP contribution in [0, 0.1) is 11.3 Å². The van der Waals surface area contributed by atoms with Crippen LogP contribution in [0.15, 0.2) is 0 Å². The predicted molar refractivity (Wildman–Crippen MR) is 71.9 cm³/mol. The molecule has 5 heteroatoms. The van der Waals surface area contributed by atoms with E-state index in [0.29, 0.717) is 12.3 Å². The summed E-state index contributed by atoms with van der Waals surface area (Å²) in [6.45, 7) is 7.58. The van der Waals surface area contributed by atoms with E-state index in [1.165, 1.54) is 0 Å². The van der Waals surface area contributed by atoms with Gasteiger partial charge < -0.3 is 14.9 Å². The lowest BCUT2D eigenvalue weighted by Gasteiger charge is -2.25. The molecule has 1 unspecified atom stereocenters. The lowest BCUT2D eigenvalue weighted by molar-refractivity contribution is -0.137. The number of carboxylic acids is 1. The van der Waals surface area contributed by atoms with Crippen LogP contribution >= 0.6 is 0 Å². The quantitative estimate of drug-likeness (QED) is 0.852. The lowest BCUT2D eigenvalue weighted by atomic mass is 9.93. The molecule has 1 atom stereocenters. The van der Waals surface area contributed by atoms with Crippen molar-refractivity contribution >= 4 is 12.0 Å². The molecule has 0 saturated carbocycles. The minimum absolute atomic E-state index is 0.142. The Hall–Kier alpha value is -1.26. The van der Waals surface area contributed by atoms with E-state index in [-0.39, 0.29) is 17.9 Å². The van der Waals surface area contributed by atoms with Crippen LogP contribution in [-0.4, -0.2) is 53.1 Å². The molecule has 2 aliphatic heterocycles. The third-order valence-electron chi connectivity index (χ3n) is 4.27. The smallest absolute Gasteiger partial charge is 0.320 e. The molecule has 108 valence electrons. The molecule has 5 nitrogen and oxygen atoms in total. The van der Waals surface area contributed by atoms with Gasteiger partial charge in [0.1, 0.15) is 0 Å². The average Bonchev–Trinajstić information content (AvgIpc) is 2.92. The van der Waals surface area contributed by atoms with E-state index >= 15 is 0 Å². The van der Waals surface area contributed by atoms with Gasteiger partial charge in [-0.05, 0) is 30.6 Å². The van der Waals surface area contributed by atoms with Crippen molar-refractivity contribution in [1.82, 2.24) is 9.80 Å². The first-order chi connectivity index (χ1) is 8.87. The van der Waals surface area contributed by atoms with Gasteiger partial charge in [0.25, 0.3) is 0 Å². The molecular formula is C14H24N2O3. The zero-order valence-electron chi connectivity index (χ0n) is 11.9. The molecule has 2 aliphatic rings. The van der Waals surface area contributed by atoms with Crippen molar-refractivity contribution in [3.8, 4) is 0 Å². The number of hydrogen-bond donors (Lipinski definition) is 1. The molecule has 0 radical (unpaired) electrons. The van der Waals surface area contributed by atoms with Crippen LogP contribution in [-0.2, 0) is 4.79 Å². The van der Waals surface area contributed by atoms with Crippen molar-refractivity contribution in [2.24, 2.45) is 11.3 Å².